The first-order chi connectivity index (χ1) is 12.3. The average molecular weight is 379 g/mol. The van der Waals surface area contributed by atoms with Crippen molar-refractivity contribution >= 4 is 29.3 Å². The molecule has 0 aromatic heterocycles. The van der Waals surface area contributed by atoms with Crippen LogP contribution in [0.15, 0.2) is 42.6 Å². The van der Waals surface area contributed by atoms with E-state index in [0.29, 0.717) is 5.56 Å². The molecule has 10 heteroatoms. The number of carbonyl (C=O) groups is 1. The first-order valence-corrected chi connectivity index (χ1v) is 7.35. The Morgan fingerprint density at radius 2 is 1.85 bits per heavy atom. The van der Waals surface area contributed by atoms with Crippen molar-refractivity contribution in [1.82, 2.24) is 0 Å². The second-order valence-corrected chi connectivity index (χ2v) is 5.23. The van der Waals surface area contributed by atoms with Crippen LogP contribution in [0.5, 0.6) is 11.5 Å². The highest BCUT2D eigenvalue weighted by molar-refractivity contribution is 6.33. The lowest BCUT2D eigenvalue weighted by molar-refractivity contribution is -0.400. The van der Waals surface area contributed by atoms with Crippen LogP contribution in [0.25, 0.3) is 6.08 Å². The molecule has 0 N–H and O–H groups in total. The topological polar surface area (TPSA) is 122 Å². The number of non-ortho nitro benzene ring substituents is 1. The Balaban J connectivity index is 2.26. The summed E-state index contributed by atoms with van der Waals surface area (Å²) in [4.78, 5) is 32.1. The number of methoxy groups -OCH3 is 1. The number of nitrogens with zero attached hydrogens (tertiary/aromatic N) is 2. The van der Waals surface area contributed by atoms with Crippen LogP contribution in [0.3, 0.4) is 0 Å². The molecule has 0 aliphatic rings. The van der Waals surface area contributed by atoms with E-state index in [2.05, 4.69) is 0 Å². The second kappa shape index (κ2) is 8.08. The molecule has 26 heavy (non-hydrogen) atoms. The van der Waals surface area contributed by atoms with Crippen molar-refractivity contribution in [2.24, 2.45) is 0 Å². The molecule has 0 bridgehead atoms. The minimum absolute atomic E-state index is 0.0587. The minimum atomic E-state index is -0.836. The van der Waals surface area contributed by atoms with Crippen LogP contribution in [-0.2, 0) is 0 Å². The van der Waals surface area contributed by atoms with Crippen molar-refractivity contribution in [3.8, 4) is 11.5 Å². The van der Waals surface area contributed by atoms with Crippen molar-refractivity contribution < 1.29 is 24.1 Å². The van der Waals surface area contributed by atoms with Crippen molar-refractivity contribution in [2.75, 3.05) is 7.11 Å². The fourth-order valence-electron chi connectivity index (χ4n) is 1.96. The molecule has 9 nitrogen and oxygen atoms in total. The van der Waals surface area contributed by atoms with Crippen molar-refractivity contribution in [1.29, 1.82) is 0 Å². The molecule has 0 saturated heterocycles. The van der Waals surface area contributed by atoms with Gasteiger partial charge in [0.1, 0.15) is 0 Å². The molecule has 0 atom stereocenters. The predicted molar refractivity (Wildman–Crippen MR) is 92.1 cm³/mol. The van der Waals surface area contributed by atoms with E-state index in [1.54, 1.807) is 0 Å². The van der Waals surface area contributed by atoms with E-state index in [-0.39, 0.29) is 27.8 Å². The van der Waals surface area contributed by atoms with Gasteiger partial charge in [0.05, 0.1) is 27.5 Å². The van der Waals surface area contributed by atoms with Gasteiger partial charge < -0.3 is 9.47 Å². The first kappa shape index (κ1) is 18.9. The molecule has 0 spiro atoms. The zero-order valence-corrected chi connectivity index (χ0v) is 14.0. The van der Waals surface area contributed by atoms with Gasteiger partial charge in [0.25, 0.3) is 5.69 Å². The molecule has 0 amide bonds. The van der Waals surface area contributed by atoms with Crippen LogP contribution in [0, 0.1) is 20.2 Å². The third-order valence-corrected chi connectivity index (χ3v) is 3.48. The molecule has 0 unspecified atom stereocenters. The molecular weight excluding hydrogens is 368 g/mol. The van der Waals surface area contributed by atoms with E-state index >= 15 is 0 Å². The van der Waals surface area contributed by atoms with Gasteiger partial charge in [0.2, 0.25) is 6.20 Å². The highest BCUT2D eigenvalue weighted by atomic mass is 35.5. The molecule has 2 aromatic carbocycles. The zero-order chi connectivity index (χ0) is 19.3. The molecule has 0 aliphatic heterocycles. The standard InChI is InChI=1S/C16H11ClN2O7/c1-25-15-8-10(6-7-18(21)22)2-5-14(15)26-16(20)12-4-3-11(19(23)24)9-13(12)17/h2-9H,1H3. The molecule has 0 aliphatic carbocycles. The Kier molecular flexibility index (Phi) is 5.86. The molecule has 0 radical (unpaired) electrons. The largest absolute Gasteiger partial charge is 0.493 e. The number of benzene rings is 2. The van der Waals surface area contributed by atoms with Crippen LogP contribution in [0.2, 0.25) is 5.02 Å². The highest BCUT2D eigenvalue weighted by Crippen LogP contribution is 2.30. The lowest BCUT2D eigenvalue weighted by Gasteiger charge is -2.10. The van der Waals surface area contributed by atoms with E-state index in [0.717, 1.165) is 18.3 Å². The Hall–Kier alpha value is -3.46. The van der Waals surface area contributed by atoms with Crippen molar-refractivity contribution in [3.63, 3.8) is 0 Å². The van der Waals surface area contributed by atoms with Crippen LogP contribution < -0.4 is 9.47 Å². The fraction of sp³-hybridized carbons (Fsp3) is 0.0625. The van der Waals surface area contributed by atoms with Gasteiger partial charge in [-0.2, -0.15) is 0 Å². The van der Waals surface area contributed by atoms with Crippen molar-refractivity contribution in [3.05, 3.63) is 79.0 Å². The van der Waals surface area contributed by atoms with E-state index in [1.807, 2.05) is 0 Å². The number of carbonyl (C=O) groups excluding carboxylic acids is 1. The second-order valence-electron chi connectivity index (χ2n) is 4.82. The van der Waals surface area contributed by atoms with Crippen LogP contribution >= 0.6 is 11.6 Å². The number of halogens is 1. The Bertz CT molecular complexity index is 911. The number of hydrogen-bond acceptors (Lipinski definition) is 7. The Labute approximate surface area is 151 Å². The van der Waals surface area contributed by atoms with Gasteiger partial charge in [-0.3, -0.25) is 20.2 Å². The van der Waals surface area contributed by atoms with Gasteiger partial charge in [-0.1, -0.05) is 17.7 Å². The summed E-state index contributed by atoms with van der Waals surface area (Å²) < 4.78 is 10.3. The summed E-state index contributed by atoms with van der Waals surface area (Å²) in [5.74, 6) is -0.608. The maximum absolute atomic E-state index is 12.2. The highest BCUT2D eigenvalue weighted by Gasteiger charge is 2.18. The summed E-state index contributed by atoms with van der Waals surface area (Å²) in [6.45, 7) is 0. The average Bonchev–Trinajstić information content (AvgIpc) is 2.60. The van der Waals surface area contributed by atoms with Gasteiger partial charge in [0, 0.05) is 18.2 Å². The Morgan fingerprint density at radius 1 is 1.12 bits per heavy atom. The lowest BCUT2D eigenvalue weighted by atomic mass is 10.2. The van der Waals surface area contributed by atoms with Gasteiger partial charge in [-0.15, -0.1) is 0 Å². The van der Waals surface area contributed by atoms with E-state index in [4.69, 9.17) is 21.1 Å². The van der Waals surface area contributed by atoms with Gasteiger partial charge >= 0.3 is 5.97 Å². The molecule has 0 saturated carbocycles. The minimum Gasteiger partial charge on any atom is -0.493 e. The summed E-state index contributed by atoms with van der Waals surface area (Å²) in [5, 5.41) is 20.9. The van der Waals surface area contributed by atoms with Gasteiger partial charge in [-0.05, 0) is 23.8 Å². The lowest BCUT2D eigenvalue weighted by Crippen LogP contribution is -2.10. The summed E-state index contributed by atoms with van der Waals surface area (Å²) in [6, 6.07) is 7.69. The maximum atomic E-state index is 12.2. The van der Waals surface area contributed by atoms with Crippen LogP contribution in [-0.4, -0.2) is 22.9 Å². The Morgan fingerprint density at radius 3 is 2.42 bits per heavy atom. The van der Waals surface area contributed by atoms with Crippen LogP contribution in [0.1, 0.15) is 15.9 Å². The van der Waals surface area contributed by atoms with Crippen molar-refractivity contribution in [2.45, 2.75) is 0 Å². The number of hydrogen-bond donors (Lipinski definition) is 0. The first-order valence-electron chi connectivity index (χ1n) is 6.97. The quantitative estimate of drug-likeness (QED) is 0.325. The SMILES string of the molecule is COc1cc(C=C[N+](=O)[O-])ccc1OC(=O)c1ccc([N+](=O)[O-])cc1Cl. The number of rotatable bonds is 6. The molecular formula is C16H11ClN2O7. The summed E-state index contributed by atoms with van der Waals surface area (Å²) in [6.07, 6.45) is 2.01. The van der Waals surface area contributed by atoms with Gasteiger partial charge in [-0.25, -0.2) is 4.79 Å². The molecule has 0 fully saturated rings. The number of nitro benzene ring substituents is 1. The smallest absolute Gasteiger partial charge is 0.345 e. The summed E-state index contributed by atoms with van der Waals surface area (Å²) >= 11 is 5.89. The monoisotopic (exact) mass is 378 g/mol. The zero-order valence-electron chi connectivity index (χ0n) is 13.2. The third-order valence-electron chi connectivity index (χ3n) is 3.16. The summed E-state index contributed by atoms with van der Waals surface area (Å²) in [5.41, 5.74) is 0.148. The molecule has 0 heterocycles. The predicted octanol–water partition coefficient (Wildman–Crippen LogP) is 3.72. The molecule has 2 aromatic rings. The van der Waals surface area contributed by atoms with E-state index in [1.165, 1.54) is 37.5 Å². The molecule has 2 rings (SSSR count). The number of nitro groups is 2. The fourth-order valence-corrected chi connectivity index (χ4v) is 2.21. The van der Waals surface area contributed by atoms with E-state index < -0.39 is 15.8 Å². The molecule has 134 valence electrons. The number of ether oxygens (including phenoxy) is 2. The maximum Gasteiger partial charge on any atom is 0.345 e. The summed E-state index contributed by atoms with van der Waals surface area (Å²) in [7, 11) is 1.34. The van der Waals surface area contributed by atoms with Crippen LogP contribution in [0.4, 0.5) is 5.69 Å². The van der Waals surface area contributed by atoms with Gasteiger partial charge in [0.15, 0.2) is 11.5 Å². The third kappa shape index (κ3) is 4.54. The normalized spacial score (nSPS) is 10.5. The van der Waals surface area contributed by atoms with E-state index in [9.17, 15) is 25.0 Å². The number of esters is 1.